The van der Waals surface area contributed by atoms with Gasteiger partial charge in [0, 0.05) is 25.6 Å². The number of halogens is 1. The quantitative estimate of drug-likeness (QED) is 0.291. The molecule has 1 aliphatic heterocycles. The second-order valence-corrected chi connectivity index (χ2v) is 8.55. The van der Waals surface area contributed by atoms with Crippen LogP contribution in [0.1, 0.15) is 53.0 Å². The Morgan fingerprint density at radius 1 is 1.20 bits per heavy atom. The first-order chi connectivity index (χ1) is 13.9. The maximum Gasteiger partial charge on any atom is 0.191 e. The number of nitrogens with zero attached hydrogens (tertiary/aromatic N) is 1. The summed E-state index contributed by atoms with van der Waals surface area (Å²) in [4.78, 5) is 4.76. The Morgan fingerprint density at radius 3 is 2.60 bits per heavy atom. The van der Waals surface area contributed by atoms with Gasteiger partial charge in [0.2, 0.25) is 0 Å². The zero-order valence-electron chi connectivity index (χ0n) is 19.4. The lowest BCUT2D eigenvalue weighted by Gasteiger charge is -2.40. The highest BCUT2D eigenvalue weighted by Gasteiger charge is 2.35. The maximum absolute atomic E-state index is 6.11. The minimum atomic E-state index is 0. The fourth-order valence-electron chi connectivity index (χ4n) is 3.83. The molecule has 1 saturated heterocycles. The molecule has 1 fully saturated rings. The van der Waals surface area contributed by atoms with Crippen molar-refractivity contribution in [1.29, 1.82) is 0 Å². The summed E-state index contributed by atoms with van der Waals surface area (Å²) in [6, 6.07) is 5.97. The second kappa shape index (κ2) is 13.2. The average molecular weight is 533 g/mol. The van der Waals surface area contributed by atoms with Crippen molar-refractivity contribution in [3.8, 4) is 11.5 Å². The van der Waals surface area contributed by atoms with Crippen molar-refractivity contribution in [3.63, 3.8) is 0 Å². The van der Waals surface area contributed by atoms with E-state index in [1.54, 1.807) is 7.11 Å². The van der Waals surface area contributed by atoms with Crippen LogP contribution < -0.4 is 20.1 Å². The number of hydrogen-bond donors (Lipinski definition) is 2. The average Bonchev–Trinajstić information content (AvgIpc) is 2.70. The van der Waals surface area contributed by atoms with Gasteiger partial charge in [-0.1, -0.05) is 26.8 Å². The van der Waals surface area contributed by atoms with Crippen LogP contribution in [0, 0.1) is 11.3 Å². The molecule has 2 atom stereocenters. The largest absolute Gasteiger partial charge is 0.493 e. The second-order valence-electron chi connectivity index (χ2n) is 8.55. The normalized spacial score (nSPS) is 19.6. The summed E-state index contributed by atoms with van der Waals surface area (Å²) in [6.07, 6.45) is 2.57. The molecular formula is C23H40IN3O3. The summed E-state index contributed by atoms with van der Waals surface area (Å²) in [6.45, 7) is 14.6. The molecule has 0 bridgehead atoms. The number of hydrogen-bond acceptors (Lipinski definition) is 4. The van der Waals surface area contributed by atoms with Crippen LogP contribution in [0.4, 0.5) is 0 Å². The number of rotatable bonds is 8. The van der Waals surface area contributed by atoms with Crippen LogP contribution in [-0.4, -0.2) is 45.5 Å². The molecule has 0 aliphatic carbocycles. The summed E-state index contributed by atoms with van der Waals surface area (Å²) in [7, 11) is 1.66. The summed E-state index contributed by atoms with van der Waals surface area (Å²) < 4.78 is 17.1. The molecule has 0 saturated carbocycles. The molecule has 30 heavy (non-hydrogen) atoms. The lowest BCUT2D eigenvalue weighted by Crippen LogP contribution is -2.47. The van der Waals surface area contributed by atoms with Crippen LogP contribution in [-0.2, 0) is 11.3 Å². The standard InChI is InChI=1S/C23H39N3O3.HI/c1-7-24-22(26-16-18-10-9-13-29-21(18)23(3,4)5)25-15-17-11-12-19(28-8-2)20(14-17)27-6;/h11-12,14,18,21H,7-10,13,15-16H2,1-6H3,(H2,24,25,26);1H. The summed E-state index contributed by atoms with van der Waals surface area (Å²) in [5.41, 5.74) is 1.22. The van der Waals surface area contributed by atoms with E-state index in [2.05, 4.69) is 38.3 Å². The van der Waals surface area contributed by atoms with Gasteiger partial charge in [-0.2, -0.15) is 0 Å². The molecule has 1 aliphatic rings. The molecule has 1 heterocycles. The molecule has 0 amide bonds. The summed E-state index contributed by atoms with van der Waals surface area (Å²) in [5.74, 6) is 2.82. The van der Waals surface area contributed by atoms with Crippen molar-refractivity contribution < 1.29 is 14.2 Å². The highest BCUT2D eigenvalue weighted by atomic mass is 127. The number of aliphatic imine (C=N–C) groups is 1. The molecule has 7 heteroatoms. The summed E-state index contributed by atoms with van der Waals surface area (Å²) >= 11 is 0. The lowest BCUT2D eigenvalue weighted by atomic mass is 9.78. The van der Waals surface area contributed by atoms with Crippen LogP contribution in [0.2, 0.25) is 0 Å². The van der Waals surface area contributed by atoms with Gasteiger partial charge in [-0.3, -0.25) is 0 Å². The van der Waals surface area contributed by atoms with Gasteiger partial charge in [0.25, 0.3) is 0 Å². The SMILES string of the molecule is CCNC(=NCc1ccc(OCC)c(OC)c1)NCC1CCCOC1C(C)(C)C.I. The van der Waals surface area contributed by atoms with Crippen molar-refractivity contribution in [1.82, 2.24) is 10.6 Å². The zero-order chi connectivity index (χ0) is 21.3. The van der Waals surface area contributed by atoms with Crippen LogP contribution in [0.5, 0.6) is 11.5 Å². The van der Waals surface area contributed by atoms with Gasteiger partial charge in [-0.15, -0.1) is 24.0 Å². The number of ether oxygens (including phenoxy) is 3. The van der Waals surface area contributed by atoms with Crippen LogP contribution in [0.3, 0.4) is 0 Å². The first-order valence-electron chi connectivity index (χ1n) is 10.8. The molecule has 2 N–H and O–H groups in total. The maximum atomic E-state index is 6.11. The van der Waals surface area contributed by atoms with Crippen LogP contribution >= 0.6 is 24.0 Å². The molecule has 172 valence electrons. The van der Waals surface area contributed by atoms with E-state index in [1.807, 2.05) is 25.1 Å². The number of methoxy groups -OCH3 is 1. The van der Waals surface area contributed by atoms with Gasteiger partial charge in [0.15, 0.2) is 17.5 Å². The monoisotopic (exact) mass is 533 g/mol. The van der Waals surface area contributed by atoms with Crippen molar-refractivity contribution in [3.05, 3.63) is 23.8 Å². The first-order valence-corrected chi connectivity index (χ1v) is 10.8. The minimum Gasteiger partial charge on any atom is -0.493 e. The predicted octanol–water partition coefficient (Wildman–Crippen LogP) is 4.61. The Hall–Kier alpha value is -1.22. The minimum absolute atomic E-state index is 0. The van der Waals surface area contributed by atoms with Gasteiger partial charge < -0.3 is 24.8 Å². The number of guanidine groups is 1. The highest BCUT2D eigenvalue weighted by molar-refractivity contribution is 14.0. The molecular weight excluding hydrogens is 493 g/mol. The Morgan fingerprint density at radius 2 is 1.97 bits per heavy atom. The highest BCUT2D eigenvalue weighted by Crippen LogP contribution is 2.33. The third-order valence-electron chi connectivity index (χ3n) is 5.12. The van der Waals surface area contributed by atoms with E-state index >= 15 is 0 Å². The van der Waals surface area contributed by atoms with Crippen molar-refractivity contribution in [2.75, 3.05) is 33.4 Å². The Labute approximate surface area is 199 Å². The fourth-order valence-corrected chi connectivity index (χ4v) is 3.83. The van der Waals surface area contributed by atoms with Gasteiger partial charge in [0.05, 0.1) is 26.4 Å². The first kappa shape index (κ1) is 26.8. The third kappa shape index (κ3) is 8.13. The molecule has 2 rings (SSSR count). The molecule has 0 spiro atoms. The van der Waals surface area contributed by atoms with E-state index < -0.39 is 0 Å². The van der Waals surface area contributed by atoms with E-state index in [4.69, 9.17) is 19.2 Å². The van der Waals surface area contributed by atoms with E-state index in [-0.39, 0.29) is 35.5 Å². The molecule has 6 nitrogen and oxygen atoms in total. The predicted molar refractivity (Wildman–Crippen MR) is 134 cm³/mol. The van der Waals surface area contributed by atoms with E-state index in [9.17, 15) is 0 Å². The van der Waals surface area contributed by atoms with Gasteiger partial charge in [0.1, 0.15) is 0 Å². The third-order valence-corrected chi connectivity index (χ3v) is 5.12. The fraction of sp³-hybridized carbons (Fsp3) is 0.696. The smallest absolute Gasteiger partial charge is 0.191 e. The van der Waals surface area contributed by atoms with Crippen molar-refractivity contribution >= 4 is 29.9 Å². The van der Waals surface area contributed by atoms with Gasteiger partial charge >= 0.3 is 0 Å². The molecule has 2 unspecified atom stereocenters. The van der Waals surface area contributed by atoms with Crippen molar-refractivity contribution in [2.45, 2.75) is 60.1 Å². The molecule has 1 aromatic carbocycles. The van der Waals surface area contributed by atoms with Crippen LogP contribution in [0.15, 0.2) is 23.2 Å². The number of nitrogens with one attached hydrogen (secondary N) is 2. The number of benzene rings is 1. The molecule has 0 radical (unpaired) electrons. The molecule has 0 aromatic heterocycles. The van der Waals surface area contributed by atoms with E-state index in [0.29, 0.717) is 19.1 Å². The van der Waals surface area contributed by atoms with Crippen molar-refractivity contribution in [2.24, 2.45) is 16.3 Å². The van der Waals surface area contributed by atoms with E-state index in [0.717, 1.165) is 49.1 Å². The Kier molecular flexibility index (Phi) is 11.8. The molecule has 1 aromatic rings. The topological polar surface area (TPSA) is 64.1 Å². The van der Waals surface area contributed by atoms with Gasteiger partial charge in [-0.05, 0) is 49.8 Å². The summed E-state index contributed by atoms with van der Waals surface area (Å²) in [5, 5.41) is 6.87. The lowest BCUT2D eigenvalue weighted by molar-refractivity contribution is -0.0835. The van der Waals surface area contributed by atoms with E-state index in [1.165, 1.54) is 6.42 Å². The van der Waals surface area contributed by atoms with Gasteiger partial charge in [-0.25, -0.2) is 4.99 Å². The Balaban J connectivity index is 0.00000450. The Bertz CT molecular complexity index is 662. The zero-order valence-corrected chi connectivity index (χ0v) is 21.7. The van der Waals surface area contributed by atoms with Crippen LogP contribution in [0.25, 0.3) is 0 Å².